The first kappa shape index (κ1) is 21.8. The molecule has 2 atom stereocenters. The normalized spacial score (nSPS) is 21.3. The van der Waals surface area contributed by atoms with Crippen LogP contribution >= 0.6 is 11.6 Å². The molecular formula is C24H21ClN4O3. The molecule has 0 aromatic heterocycles. The number of nitrogens with one attached hydrogen (secondary N) is 1. The molecule has 0 aliphatic carbocycles. The van der Waals surface area contributed by atoms with E-state index < -0.39 is 11.8 Å². The second-order valence-electron chi connectivity index (χ2n) is 7.74. The number of aliphatic imine (C=N–C) groups is 1. The largest absolute Gasteiger partial charge is 0.372 e. The molecule has 2 amide bonds. The number of fused-ring (bicyclic) bond motifs is 1. The SMILES string of the molecule is CC1CN(C(=O)C(C#N)=C2N=C(NC(=O)c3ccccc3Cl)c3ccccc32)CC(C)O1. The van der Waals surface area contributed by atoms with E-state index in [1.807, 2.05) is 19.9 Å². The molecule has 4 rings (SSSR count). The first-order valence-electron chi connectivity index (χ1n) is 10.2. The summed E-state index contributed by atoms with van der Waals surface area (Å²) in [6, 6.07) is 15.9. The van der Waals surface area contributed by atoms with Crippen molar-refractivity contribution in [2.75, 3.05) is 13.1 Å². The van der Waals surface area contributed by atoms with Crippen LogP contribution in [0.25, 0.3) is 5.70 Å². The summed E-state index contributed by atoms with van der Waals surface area (Å²) in [5.74, 6) is -0.558. The smallest absolute Gasteiger partial charge is 0.266 e. The van der Waals surface area contributed by atoms with Crippen molar-refractivity contribution in [3.05, 3.63) is 75.8 Å². The van der Waals surface area contributed by atoms with Crippen LogP contribution < -0.4 is 5.32 Å². The number of morpholine rings is 1. The fourth-order valence-electron chi connectivity index (χ4n) is 3.94. The van der Waals surface area contributed by atoms with Gasteiger partial charge in [-0.15, -0.1) is 0 Å². The first-order chi connectivity index (χ1) is 15.4. The van der Waals surface area contributed by atoms with E-state index in [0.717, 1.165) is 0 Å². The van der Waals surface area contributed by atoms with Gasteiger partial charge in [-0.1, -0.05) is 48.0 Å². The second-order valence-corrected chi connectivity index (χ2v) is 8.15. The quantitative estimate of drug-likeness (QED) is 0.562. The second kappa shape index (κ2) is 8.95. The van der Waals surface area contributed by atoms with Crippen molar-refractivity contribution in [3.63, 3.8) is 0 Å². The van der Waals surface area contributed by atoms with Crippen LogP contribution in [0.4, 0.5) is 0 Å². The van der Waals surface area contributed by atoms with Crippen LogP contribution in [0.2, 0.25) is 5.02 Å². The topological polar surface area (TPSA) is 94.8 Å². The third-order valence-corrected chi connectivity index (χ3v) is 5.61. The number of amides is 2. The standard InChI is InChI=1S/C24H21ClN4O3/c1-14-12-29(13-15(2)32-14)24(31)19(11-26)21-16-7-3-4-8-17(16)22(27-21)28-23(30)18-9-5-6-10-20(18)25/h3-10,14-15H,12-13H2,1-2H3,(H,27,28,30). The summed E-state index contributed by atoms with van der Waals surface area (Å²) < 4.78 is 5.70. The molecule has 1 N–H and O–H groups in total. The average molecular weight is 449 g/mol. The van der Waals surface area contributed by atoms with E-state index in [0.29, 0.717) is 34.8 Å². The van der Waals surface area contributed by atoms with Gasteiger partial charge in [0.05, 0.1) is 28.5 Å². The lowest BCUT2D eigenvalue weighted by molar-refractivity contribution is -0.138. The molecule has 2 aliphatic heterocycles. The van der Waals surface area contributed by atoms with E-state index in [-0.39, 0.29) is 29.3 Å². The number of nitriles is 1. The molecule has 0 spiro atoms. The lowest BCUT2D eigenvalue weighted by atomic mass is 10.0. The number of carbonyl (C=O) groups excluding carboxylic acids is 2. The summed E-state index contributed by atoms with van der Waals surface area (Å²) in [6.07, 6.45) is -0.255. The van der Waals surface area contributed by atoms with Gasteiger partial charge in [0.2, 0.25) is 0 Å². The summed E-state index contributed by atoms with van der Waals surface area (Å²) in [5, 5.41) is 13.0. The van der Waals surface area contributed by atoms with Gasteiger partial charge in [-0.25, -0.2) is 4.99 Å². The Kier molecular flexibility index (Phi) is 6.08. The molecule has 0 saturated carbocycles. The molecule has 7 nitrogen and oxygen atoms in total. The molecule has 8 heteroatoms. The Labute approximate surface area is 191 Å². The van der Waals surface area contributed by atoms with Gasteiger partial charge >= 0.3 is 0 Å². The van der Waals surface area contributed by atoms with Crippen molar-refractivity contribution in [2.45, 2.75) is 26.1 Å². The molecule has 32 heavy (non-hydrogen) atoms. The molecule has 2 aliphatic rings. The maximum atomic E-state index is 13.2. The van der Waals surface area contributed by atoms with Crippen molar-refractivity contribution < 1.29 is 14.3 Å². The molecule has 162 valence electrons. The van der Waals surface area contributed by atoms with Gasteiger partial charge in [-0.2, -0.15) is 5.26 Å². The number of amidine groups is 1. The van der Waals surface area contributed by atoms with Crippen molar-refractivity contribution in [3.8, 4) is 6.07 Å². The van der Waals surface area contributed by atoms with E-state index in [1.165, 1.54) is 0 Å². The van der Waals surface area contributed by atoms with Crippen molar-refractivity contribution in [2.24, 2.45) is 4.99 Å². The molecule has 2 heterocycles. The zero-order valence-corrected chi connectivity index (χ0v) is 18.4. The highest BCUT2D eigenvalue weighted by molar-refractivity contribution is 6.34. The predicted octanol–water partition coefficient (Wildman–Crippen LogP) is 3.40. The lowest BCUT2D eigenvalue weighted by Gasteiger charge is -2.35. The summed E-state index contributed by atoms with van der Waals surface area (Å²) in [6.45, 7) is 4.56. The minimum absolute atomic E-state index is 0.0688. The minimum Gasteiger partial charge on any atom is -0.372 e. The van der Waals surface area contributed by atoms with Crippen molar-refractivity contribution in [1.29, 1.82) is 5.26 Å². The molecule has 1 saturated heterocycles. The van der Waals surface area contributed by atoms with E-state index in [4.69, 9.17) is 16.3 Å². The van der Waals surface area contributed by atoms with Crippen LogP contribution in [0.1, 0.15) is 35.3 Å². The maximum absolute atomic E-state index is 13.2. The number of ether oxygens (including phenoxy) is 1. The Bertz CT molecular complexity index is 1190. The molecule has 2 aromatic carbocycles. The summed E-state index contributed by atoms with van der Waals surface area (Å²) in [5.41, 5.74) is 1.73. The van der Waals surface area contributed by atoms with Gasteiger partial charge in [0.25, 0.3) is 11.8 Å². The monoisotopic (exact) mass is 448 g/mol. The molecule has 1 fully saturated rings. The van der Waals surface area contributed by atoms with Gasteiger partial charge in [0.1, 0.15) is 17.5 Å². The number of carbonyl (C=O) groups is 2. The van der Waals surface area contributed by atoms with Crippen LogP contribution in [0, 0.1) is 11.3 Å². The summed E-state index contributed by atoms with van der Waals surface area (Å²) in [7, 11) is 0. The number of halogens is 1. The predicted molar refractivity (Wildman–Crippen MR) is 121 cm³/mol. The van der Waals surface area contributed by atoms with Gasteiger partial charge in [0, 0.05) is 24.2 Å². The van der Waals surface area contributed by atoms with Crippen LogP contribution in [0.5, 0.6) is 0 Å². The Morgan fingerprint density at radius 1 is 1.09 bits per heavy atom. The number of rotatable bonds is 2. The van der Waals surface area contributed by atoms with Crippen molar-refractivity contribution >= 4 is 34.9 Å². The highest BCUT2D eigenvalue weighted by Gasteiger charge is 2.32. The Morgan fingerprint density at radius 3 is 2.38 bits per heavy atom. The van der Waals surface area contributed by atoms with E-state index in [1.54, 1.807) is 53.4 Å². The molecule has 0 bridgehead atoms. The van der Waals surface area contributed by atoms with Crippen LogP contribution in [0.3, 0.4) is 0 Å². The van der Waals surface area contributed by atoms with Crippen LogP contribution in [0.15, 0.2) is 59.1 Å². The minimum atomic E-state index is -0.425. The Morgan fingerprint density at radius 2 is 1.72 bits per heavy atom. The zero-order valence-electron chi connectivity index (χ0n) is 17.6. The zero-order chi connectivity index (χ0) is 22.8. The van der Waals surface area contributed by atoms with E-state index in [9.17, 15) is 14.9 Å². The van der Waals surface area contributed by atoms with Gasteiger partial charge in [0.15, 0.2) is 0 Å². The van der Waals surface area contributed by atoms with Crippen LogP contribution in [-0.2, 0) is 9.53 Å². The van der Waals surface area contributed by atoms with Crippen LogP contribution in [-0.4, -0.2) is 47.8 Å². The third-order valence-electron chi connectivity index (χ3n) is 5.28. The summed E-state index contributed by atoms with van der Waals surface area (Å²) >= 11 is 6.14. The molecular weight excluding hydrogens is 428 g/mol. The number of benzene rings is 2. The first-order valence-corrected chi connectivity index (χ1v) is 10.6. The van der Waals surface area contributed by atoms with Gasteiger partial charge < -0.3 is 15.0 Å². The number of hydrogen-bond donors (Lipinski definition) is 1. The fraction of sp³-hybridized carbons (Fsp3) is 0.250. The van der Waals surface area contributed by atoms with Crippen molar-refractivity contribution in [1.82, 2.24) is 10.2 Å². The third kappa shape index (κ3) is 4.15. The number of hydrogen-bond acceptors (Lipinski definition) is 5. The van der Waals surface area contributed by atoms with Gasteiger partial charge in [-0.3, -0.25) is 9.59 Å². The van der Waals surface area contributed by atoms with E-state index >= 15 is 0 Å². The molecule has 2 aromatic rings. The maximum Gasteiger partial charge on any atom is 0.266 e. The highest BCUT2D eigenvalue weighted by Crippen LogP contribution is 2.32. The van der Waals surface area contributed by atoms with E-state index in [2.05, 4.69) is 10.3 Å². The van der Waals surface area contributed by atoms with Gasteiger partial charge in [-0.05, 0) is 26.0 Å². The summed E-state index contributed by atoms with van der Waals surface area (Å²) in [4.78, 5) is 32.1. The lowest BCUT2D eigenvalue weighted by Crippen LogP contribution is -2.48. The number of nitrogens with zero attached hydrogens (tertiary/aromatic N) is 3. The fourth-order valence-corrected chi connectivity index (χ4v) is 4.16. The Hall–Kier alpha value is -3.47. The Balaban J connectivity index is 1.71. The average Bonchev–Trinajstić information content (AvgIpc) is 3.12. The molecule has 0 radical (unpaired) electrons. The molecule has 2 unspecified atom stereocenters. The highest BCUT2D eigenvalue weighted by atomic mass is 35.5.